The van der Waals surface area contributed by atoms with Crippen LogP contribution in [0.1, 0.15) is 28.8 Å². The molecule has 0 atom stereocenters. The summed E-state index contributed by atoms with van der Waals surface area (Å²) >= 11 is 4.93. The molecule has 1 amide bonds. The zero-order chi connectivity index (χ0) is 18.5. The normalized spacial score (nSPS) is 14.7. The second-order valence-corrected chi connectivity index (χ2v) is 6.79. The molecule has 1 fully saturated rings. The molecule has 0 aliphatic carbocycles. The minimum Gasteiger partial charge on any atom is -0.495 e. The number of hydrogen-bond donors (Lipinski definition) is 2. The van der Waals surface area contributed by atoms with Gasteiger partial charge in [0, 0.05) is 30.3 Å². The number of benzene rings is 2. The first-order valence-corrected chi connectivity index (χ1v) is 9.08. The molecule has 2 aromatic rings. The quantitative estimate of drug-likeness (QED) is 0.793. The van der Waals surface area contributed by atoms with Gasteiger partial charge in [0.15, 0.2) is 0 Å². The fourth-order valence-electron chi connectivity index (χ4n) is 3.21. The van der Waals surface area contributed by atoms with Crippen LogP contribution in [0, 0.1) is 0 Å². The molecular formula is C20H23N3O2S. The number of methoxy groups -OCH3 is 1. The molecule has 3 N–H and O–H groups in total. The molecule has 0 spiro atoms. The number of ether oxygens (including phenoxy) is 1. The Morgan fingerprint density at radius 2 is 1.73 bits per heavy atom. The van der Waals surface area contributed by atoms with Crippen molar-refractivity contribution in [1.29, 1.82) is 0 Å². The minimum absolute atomic E-state index is 0.0600. The predicted molar refractivity (Wildman–Crippen MR) is 108 cm³/mol. The third kappa shape index (κ3) is 4.14. The Morgan fingerprint density at radius 1 is 1.12 bits per heavy atom. The average molecular weight is 369 g/mol. The summed E-state index contributed by atoms with van der Waals surface area (Å²) in [7, 11) is 1.69. The molecule has 1 aliphatic rings. The van der Waals surface area contributed by atoms with E-state index in [0.29, 0.717) is 10.6 Å². The van der Waals surface area contributed by atoms with Gasteiger partial charge in [-0.1, -0.05) is 36.5 Å². The second kappa shape index (κ2) is 8.19. The standard InChI is InChI=1S/C20H23N3O2S/c1-25-18-5-3-2-4-17(18)23-12-10-16(11-13-23)22-20(24)15-8-6-14(7-9-15)19(21)26/h2-9,16H,10-13H2,1H3,(H2,21,26)(H,22,24). The van der Waals surface area contributed by atoms with Crippen molar-refractivity contribution in [3.8, 4) is 5.75 Å². The molecular weight excluding hydrogens is 346 g/mol. The van der Waals surface area contributed by atoms with E-state index in [4.69, 9.17) is 22.7 Å². The maximum atomic E-state index is 12.4. The van der Waals surface area contributed by atoms with Crippen molar-refractivity contribution in [3.05, 3.63) is 59.7 Å². The van der Waals surface area contributed by atoms with E-state index < -0.39 is 0 Å². The smallest absolute Gasteiger partial charge is 0.251 e. The number of nitrogens with two attached hydrogens (primary N) is 1. The maximum absolute atomic E-state index is 12.4. The van der Waals surface area contributed by atoms with Gasteiger partial charge in [0.2, 0.25) is 0 Å². The van der Waals surface area contributed by atoms with Gasteiger partial charge in [-0.15, -0.1) is 0 Å². The van der Waals surface area contributed by atoms with Crippen LogP contribution in [0.3, 0.4) is 0 Å². The summed E-state index contributed by atoms with van der Waals surface area (Å²) < 4.78 is 5.44. The molecule has 0 bridgehead atoms. The Bertz CT molecular complexity index is 784. The third-order valence-corrected chi connectivity index (χ3v) is 4.92. The molecule has 0 unspecified atom stereocenters. The Kier molecular flexibility index (Phi) is 5.73. The number of anilines is 1. The van der Waals surface area contributed by atoms with Crippen molar-refractivity contribution < 1.29 is 9.53 Å². The van der Waals surface area contributed by atoms with E-state index in [1.54, 1.807) is 31.4 Å². The van der Waals surface area contributed by atoms with Gasteiger partial charge in [-0.2, -0.15) is 0 Å². The van der Waals surface area contributed by atoms with Crippen LogP contribution < -0.4 is 20.7 Å². The van der Waals surface area contributed by atoms with Gasteiger partial charge in [-0.3, -0.25) is 4.79 Å². The summed E-state index contributed by atoms with van der Waals surface area (Å²) in [6, 6.07) is 15.3. The lowest BCUT2D eigenvalue weighted by Gasteiger charge is -2.34. The number of thiocarbonyl (C=S) groups is 1. The number of nitrogens with zero attached hydrogens (tertiary/aromatic N) is 1. The van der Waals surface area contributed by atoms with E-state index in [0.717, 1.165) is 42.9 Å². The van der Waals surface area contributed by atoms with Crippen molar-refractivity contribution in [3.63, 3.8) is 0 Å². The number of carbonyl (C=O) groups is 1. The summed E-state index contributed by atoms with van der Waals surface area (Å²) in [6.07, 6.45) is 1.80. The highest BCUT2D eigenvalue weighted by Crippen LogP contribution is 2.29. The number of amides is 1. The van der Waals surface area contributed by atoms with Crippen LogP contribution >= 0.6 is 12.2 Å². The molecule has 5 nitrogen and oxygen atoms in total. The number of piperidine rings is 1. The van der Waals surface area contributed by atoms with Crippen LogP contribution in [0.15, 0.2) is 48.5 Å². The summed E-state index contributed by atoms with van der Waals surface area (Å²) in [5.74, 6) is 0.822. The van der Waals surface area contributed by atoms with Crippen molar-refractivity contribution in [2.45, 2.75) is 18.9 Å². The predicted octanol–water partition coefficient (Wildman–Crippen LogP) is 2.73. The maximum Gasteiger partial charge on any atom is 0.251 e. The Labute approximate surface area is 159 Å². The van der Waals surface area contributed by atoms with Gasteiger partial charge in [0.1, 0.15) is 10.7 Å². The van der Waals surface area contributed by atoms with Crippen LogP contribution in [-0.4, -0.2) is 37.1 Å². The first kappa shape index (κ1) is 18.2. The number of nitrogens with one attached hydrogen (secondary N) is 1. The lowest BCUT2D eigenvalue weighted by molar-refractivity contribution is 0.0931. The Hall–Kier alpha value is -2.60. The largest absolute Gasteiger partial charge is 0.495 e. The summed E-state index contributed by atoms with van der Waals surface area (Å²) in [5, 5.41) is 3.12. The fourth-order valence-corrected chi connectivity index (χ4v) is 3.35. The Morgan fingerprint density at radius 3 is 2.35 bits per heavy atom. The molecule has 1 saturated heterocycles. The highest BCUT2D eigenvalue weighted by molar-refractivity contribution is 7.80. The minimum atomic E-state index is -0.0600. The average Bonchev–Trinajstić information content (AvgIpc) is 2.68. The van der Waals surface area contributed by atoms with Crippen molar-refractivity contribution >= 4 is 28.8 Å². The van der Waals surface area contributed by atoms with Gasteiger partial charge in [0.25, 0.3) is 5.91 Å². The lowest BCUT2D eigenvalue weighted by Crippen LogP contribution is -2.44. The highest BCUT2D eigenvalue weighted by Gasteiger charge is 2.22. The molecule has 26 heavy (non-hydrogen) atoms. The molecule has 136 valence electrons. The number of hydrogen-bond acceptors (Lipinski definition) is 4. The molecule has 1 heterocycles. The summed E-state index contributed by atoms with van der Waals surface area (Å²) in [6.45, 7) is 1.76. The van der Waals surface area contributed by atoms with Crippen LogP contribution in [0.4, 0.5) is 5.69 Å². The molecule has 0 aromatic heterocycles. The lowest BCUT2D eigenvalue weighted by atomic mass is 10.0. The van der Waals surface area contributed by atoms with E-state index in [-0.39, 0.29) is 11.9 Å². The number of carbonyl (C=O) groups excluding carboxylic acids is 1. The second-order valence-electron chi connectivity index (χ2n) is 6.35. The van der Waals surface area contributed by atoms with Crippen molar-refractivity contribution in [1.82, 2.24) is 5.32 Å². The van der Waals surface area contributed by atoms with Crippen LogP contribution in [0.25, 0.3) is 0 Å². The topological polar surface area (TPSA) is 67.6 Å². The van der Waals surface area contributed by atoms with Crippen LogP contribution in [-0.2, 0) is 0 Å². The van der Waals surface area contributed by atoms with E-state index in [9.17, 15) is 4.79 Å². The summed E-state index contributed by atoms with van der Waals surface area (Å²) in [5.41, 5.74) is 8.08. The fraction of sp³-hybridized carbons (Fsp3) is 0.300. The zero-order valence-electron chi connectivity index (χ0n) is 14.8. The zero-order valence-corrected chi connectivity index (χ0v) is 15.6. The first-order chi connectivity index (χ1) is 12.6. The number of para-hydroxylation sites is 2. The van der Waals surface area contributed by atoms with E-state index in [1.807, 2.05) is 18.2 Å². The monoisotopic (exact) mass is 369 g/mol. The van der Waals surface area contributed by atoms with Gasteiger partial charge in [0.05, 0.1) is 12.8 Å². The van der Waals surface area contributed by atoms with Crippen molar-refractivity contribution in [2.24, 2.45) is 5.73 Å². The van der Waals surface area contributed by atoms with Crippen LogP contribution in [0.5, 0.6) is 5.75 Å². The number of rotatable bonds is 5. The Balaban J connectivity index is 1.56. The SMILES string of the molecule is COc1ccccc1N1CCC(NC(=O)c2ccc(C(N)=S)cc2)CC1. The molecule has 3 rings (SSSR count). The van der Waals surface area contributed by atoms with E-state index >= 15 is 0 Å². The summed E-state index contributed by atoms with van der Waals surface area (Å²) in [4.78, 5) is 15.1. The molecule has 0 radical (unpaired) electrons. The highest BCUT2D eigenvalue weighted by atomic mass is 32.1. The van der Waals surface area contributed by atoms with Crippen molar-refractivity contribution in [2.75, 3.05) is 25.1 Å². The molecule has 1 aliphatic heterocycles. The molecule has 6 heteroatoms. The molecule has 0 saturated carbocycles. The third-order valence-electron chi connectivity index (χ3n) is 4.69. The first-order valence-electron chi connectivity index (χ1n) is 8.67. The van der Waals surface area contributed by atoms with Gasteiger partial charge >= 0.3 is 0 Å². The van der Waals surface area contributed by atoms with Gasteiger partial charge in [-0.05, 0) is 37.1 Å². The van der Waals surface area contributed by atoms with Gasteiger partial charge in [-0.25, -0.2) is 0 Å². The van der Waals surface area contributed by atoms with Gasteiger partial charge < -0.3 is 20.7 Å². The van der Waals surface area contributed by atoms with E-state index in [1.165, 1.54) is 0 Å². The molecule has 2 aromatic carbocycles. The van der Waals surface area contributed by atoms with E-state index in [2.05, 4.69) is 16.3 Å². The van der Waals surface area contributed by atoms with Crippen LogP contribution in [0.2, 0.25) is 0 Å².